The van der Waals surface area contributed by atoms with Gasteiger partial charge in [-0.2, -0.15) is 11.8 Å². The second kappa shape index (κ2) is 8.34. The van der Waals surface area contributed by atoms with Crippen molar-refractivity contribution < 1.29 is 9.90 Å². The average Bonchev–Trinajstić information content (AvgIpc) is 2.10. The quantitative estimate of drug-likeness (QED) is 0.471. The minimum absolute atomic E-state index is 0.204. The Morgan fingerprint density at radius 2 is 2.38 bits per heavy atom. The summed E-state index contributed by atoms with van der Waals surface area (Å²) < 4.78 is 0. The summed E-state index contributed by atoms with van der Waals surface area (Å²) in [5.41, 5.74) is 5.17. The number of likely N-dealkylation sites (N-methyl/N-ethyl adjacent to an activating group) is 1. The Labute approximate surface area is 83.3 Å². The number of aliphatic hydroxyl groups is 1. The standard InChI is InChI=1S/C8H18N2O2S/c1-2-10-7(8(9)12)6-13-5-3-4-11/h7,10-11H,2-6H2,1H3,(H2,9,12). The molecule has 0 heterocycles. The highest BCUT2D eigenvalue weighted by atomic mass is 32.2. The second-order valence-electron chi connectivity index (χ2n) is 2.66. The first-order chi connectivity index (χ1) is 6.22. The van der Waals surface area contributed by atoms with Crippen LogP contribution in [0.25, 0.3) is 0 Å². The van der Waals surface area contributed by atoms with Gasteiger partial charge in [-0.1, -0.05) is 6.92 Å². The molecule has 1 unspecified atom stereocenters. The molecule has 0 spiro atoms. The van der Waals surface area contributed by atoms with E-state index in [1.54, 1.807) is 11.8 Å². The van der Waals surface area contributed by atoms with Crippen LogP contribution in [-0.4, -0.2) is 41.7 Å². The van der Waals surface area contributed by atoms with Crippen molar-refractivity contribution >= 4 is 17.7 Å². The molecule has 0 saturated heterocycles. The molecular weight excluding hydrogens is 188 g/mol. The molecule has 0 aliphatic carbocycles. The van der Waals surface area contributed by atoms with E-state index in [4.69, 9.17) is 10.8 Å². The molecule has 0 aromatic rings. The van der Waals surface area contributed by atoms with Gasteiger partial charge in [0.2, 0.25) is 5.91 Å². The third kappa shape index (κ3) is 6.86. The number of carbonyl (C=O) groups excluding carboxylic acids is 1. The molecule has 5 heteroatoms. The zero-order chi connectivity index (χ0) is 10.1. The lowest BCUT2D eigenvalue weighted by Crippen LogP contribution is -2.43. The summed E-state index contributed by atoms with van der Waals surface area (Å²) >= 11 is 1.63. The largest absolute Gasteiger partial charge is 0.396 e. The van der Waals surface area contributed by atoms with Gasteiger partial charge in [0.25, 0.3) is 0 Å². The lowest BCUT2D eigenvalue weighted by Gasteiger charge is -2.12. The van der Waals surface area contributed by atoms with E-state index in [1.807, 2.05) is 6.92 Å². The molecule has 0 saturated carbocycles. The van der Waals surface area contributed by atoms with Crippen molar-refractivity contribution in [1.82, 2.24) is 5.32 Å². The molecule has 0 bridgehead atoms. The van der Waals surface area contributed by atoms with E-state index < -0.39 is 0 Å². The number of thioether (sulfide) groups is 1. The first-order valence-electron chi connectivity index (χ1n) is 4.43. The van der Waals surface area contributed by atoms with Gasteiger partial charge in [-0.15, -0.1) is 0 Å². The van der Waals surface area contributed by atoms with Crippen LogP contribution in [0.3, 0.4) is 0 Å². The van der Waals surface area contributed by atoms with E-state index in [0.717, 1.165) is 18.7 Å². The molecule has 13 heavy (non-hydrogen) atoms. The highest BCUT2D eigenvalue weighted by Gasteiger charge is 2.12. The number of hydrogen-bond donors (Lipinski definition) is 3. The van der Waals surface area contributed by atoms with Gasteiger partial charge >= 0.3 is 0 Å². The Morgan fingerprint density at radius 3 is 2.85 bits per heavy atom. The number of nitrogens with two attached hydrogens (primary N) is 1. The highest BCUT2D eigenvalue weighted by Crippen LogP contribution is 2.04. The van der Waals surface area contributed by atoms with Crippen LogP contribution in [0.15, 0.2) is 0 Å². The second-order valence-corrected chi connectivity index (χ2v) is 3.81. The average molecular weight is 206 g/mol. The summed E-state index contributed by atoms with van der Waals surface area (Å²) in [5, 5.41) is 11.5. The molecule has 0 rings (SSSR count). The predicted octanol–water partition coefficient (Wildman–Crippen LogP) is -0.435. The summed E-state index contributed by atoms with van der Waals surface area (Å²) in [7, 11) is 0. The van der Waals surface area contributed by atoms with Crippen LogP contribution in [-0.2, 0) is 4.79 Å². The van der Waals surface area contributed by atoms with Crippen molar-refractivity contribution in [3.05, 3.63) is 0 Å². The number of amides is 1. The van der Waals surface area contributed by atoms with Crippen molar-refractivity contribution in [2.45, 2.75) is 19.4 Å². The first kappa shape index (κ1) is 12.7. The third-order valence-electron chi connectivity index (χ3n) is 1.53. The summed E-state index contributed by atoms with van der Waals surface area (Å²) in [4.78, 5) is 10.9. The van der Waals surface area contributed by atoms with Gasteiger partial charge in [0, 0.05) is 12.4 Å². The maximum atomic E-state index is 10.9. The van der Waals surface area contributed by atoms with Crippen LogP contribution in [0, 0.1) is 0 Å². The molecule has 78 valence electrons. The van der Waals surface area contributed by atoms with Gasteiger partial charge in [0.05, 0.1) is 6.04 Å². The minimum Gasteiger partial charge on any atom is -0.396 e. The summed E-state index contributed by atoms with van der Waals surface area (Å²) in [5.74, 6) is 1.24. The predicted molar refractivity (Wildman–Crippen MR) is 55.7 cm³/mol. The Morgan fingerprint density at radius 1 is 1.69 bits per heavy atom. The summed E-state index contributed by atoms with van der Waals surface area (Å²) in [6.45, 7) is 2.89. The maximum Gasteiger partial charge on any atom is 0.235 e. The Kier molecular flexibility index (Phi) is 8.18. The van der Waals surface area contributed by atoms with E-state index in [-0.39, 0.29) is 18.6 Å². The van der Waals surface area contributed by atoms with Crippen molar-refractivity contribution in [3.8, 4) is 0 Å². The molecule has 4 nitrogen and oxygen atoms in total. The number of hydrogen-bond acceptors (Lipinski definition) is 4. The normalized spacial score (nSPS) is 12.8. The van der Waals surface area contributed by atoms with E-state index in [0.29, 0.717) is 5.75 Å². The maximum absolute atomic E-state index is 10.9. The number of rotatable bonds is 8. The lowest BCUT2D eigenvalue weighted by molar-refractivity contribution is -0.119. The first-order valence-corrected chi connectivity index (χ1v) is 5.59. The molecule has 4 N–H and O–H groups in total. The van der Waals surface area contributed by atoms with E-state index >= 15 is 0 Å². The number of aliphatic hydroxyl groups excluding tert-OH is 1. The van der Waals surface area contributed by atoms with Crippen LogP contribution < -0.4 is 11.1 Å². The van der Waals surface area contributed by atoms with Crippen LogP contribution in [0.2, 0.25) is 0 Å². The molecular formula is C8H18N2O2S. The molecule has 1 atom stereocenters. The van der Waals surface area contributed by atoms with Gasteiger partial charge < -0.3 is 16.2 Å². The van der Waals surface area contributed by atoms with Crippen LogP contribution in [0.5, 0.6) is 0 Å². The Balaban J connectivity index is 3.51. The van der Waals surface area contributed by atoms with Crippen molar-refractivity contribution in [1.29, 1.82) is 0 Å². The van der Waals surface area contributed by atoms with Gasteiger partial charge in [-0.3, -0.25) is 4.79 Å². The number of nitrogens with one attached hydrogen (secondary N) is 1. The summed E-state index contributed by atoms with van der Waals surface area (Å²) in [6.07, 6.45) is 0.766. The van der Waals surface area contributed by atoms with Gasteiger partial charge in [0.1, 0.15) is 0 Å². The molecule has 0 fully saturated rings. The number of primary amides is 1. The highest BCUT2D eigenvalue weighted by molar-refractivity contribution is 7.99. The van der Waals surface area contributed by atoms with E-state index in [1.165, 1.54) is 0 Å². The smallest absolute Gasteiger partial charge is 0.235 e. The Bertz CT molecular complexity index is 144. The van der Waals surface area contributed by atoms with E-state index in [9.17, 15) is 4.79 Å². The van der Waals surface area contributed by atoms with Crippen molar-refractivity contribution in [3.63, 3.8) is 0 Å². The van der Waals surface area contributed by atoms with Crippen molar-refractivity contribution in [2.24, 2.45) is 5.73 Å². The monoisotopic (exact) mass is 206 g/mol. The fourth-order valence-corrected chi connectivity index (χ4v) is 1.87. The lowest BCUT2D eigenvalue weighted by atomic mass is 10.3. The molecule has 0 aliphatic heterocycles. The van der Waals surface area contributed by atoms with Gasteiger partial charge in [-0.05, 0) is 18.7 Å². The zero-order valence-corrected chi connectivity index (χ0v) is 8.77. The van der Waals surface area contributed by atoms with Crippen LogP contribution >= 0.6 is 11.8 Å². The SMILES string of the molecule is CCNC(CSCCCO)C(N)=O. The summed E-state index contributed by atoms with van der Waals surface area (Å²) in [6, 6.07) is -0.242. The van der Waals surface area contributed by atoms with Crippen molar-refractivity contribution in [2.75, 3.05) is 24.7 Å². The Hall–Kier alpha value is -0.260. The zero-order valence-electron chi connectivity index (χ0n) is 7.95. The fraction of sp³-hybridized carbons (Fsp3) is 0.875. The third-order valence-corrected chi connectivity index (χ3v) is 2.67. The van der Waals surface area contributed by atoms with Gasteiger partial charge in [-0.25, -0.2) is 0 Å². The topological polar surface area (TPSA) is 75.3 Å². The van der Waals surface area contributed by atoms with Crippen LogP contribution in [0.4, 0.5) is 0 Å². The van der Waals surface area contributed by atoms with Gasteiger partial charge in [0.15, 0.2) is 0 Å². The van der Waals surface area contributed by atoms with Crippen LogP contribution in [0.1, 0.15) is 13.3 Å². The molecule has 0 radical (unpaired) electrons. The number of carbonyl (C=O) groups is 1. The molecule has 1 amide bonds. The van der Waals surface area contributed by atoms with E-state index in [2.05, 4.69) is 5.32 Å². The molecule has 0 aromatic heterocycles. The fourth-order valence-electron chi connectivity index (χ4n) is 0.856. The molecule has 0 aliphatic rings. The molecule has 0 aromatic carbocycles. The minimum atomic E-state index is -0.307.